The minimum Gasteiger partial charge on any atom is -0.305 e. The first-order chi connectivity index (χ1) is 13.9. The summed E-state index contributed by atoms with van der Waals surface area (Å²) in [4.78, 5) is 16.8. The van der Waals surface area contributed by atoms with E-state index in [4.69, 9.17) is 11.6 Å². The maximum atomic E-state index is 13.2. The van der Waals surface area contributed by atoms with Gasteiger partial charge in [0.2, 0.25) is 0 Å². The van der Waals surface area contributed by atoms with Gasteiger partial charge in [-0.1, -0.05) is 23.7 Å². The van der Waals surface area contributed by atoms with E-state index in [-0.39, 0.29) is 16.9 Å². The minimum atomic E-state index is -2.74. The molecule has 0 aliphatic heterocycles. The number of anilines is 1. The van der Waals surface area contributed by atoms with E-state index in [0.29, 0.717) is 23.1 Å². The van der Waals surface area contributed by atoms with Gasteiger partial charge < -0.3 is 5.32 Å². The molecule has 0 fully saturated rings. The Labute approximate surface area is 168 Å². The molecule has 1 amide bonds. The van der Waals surface area contributed by atoms with Gasteiger partial charge in [-0.2, -0.15) is 10.2 Å². The van der Waals surface area contributed by atoms with Gasteiger partial charge in [-0.25, -0.2) is 18.3 Å². The average molecular weight is 417 g/mol. The van der Waals surface area contributed by atoms with Crippen LogP contribution in [0.5, 0.6) is 0 Å². The number of alkyl halides is 2. The predicted molar refractivity (Wildman–Crippen MR) is 103 cm³/mol. The lowest BCUT2D eigenvalue weighted by Crippen LogP contribution is -2.13. The van der Waals surface area contributed by atoms with Crippen molar-refractivity contribution in [3.8, 4) is 0 Å². The third-order valence-electron chi connectivity index (χ3n) is 4.21. The van der Waals surface area contributed by atoms with Gasteiger partial charge in [0.15, 0.2) is 11.5 Å². The first-order valence-electron chi connectivity index (χ1n) is 8.63. The second kappa shape index (κ2) is 7.59. The van der Waals surface area contributed by atoms with Crippen LogP contribution in [0, 0.1) is 6.92 Å². The highest BCUT2D eigenvalue weighted by Crippen LogP contribution is 2.22. The van der Waals surface area contributed by atoms with Crippen molar-refractivity contribution >= 4 is 29.0 Å². The Hall–Kier alpha value is -3.33. The summed E-state index contributed by atoms with van der Waals surface area (Å²) in [6, 6.07) is 10.2. The number of carbonyl (C=O) groups excluding carboxylic acids is 1. The molecule has 0 atom stereocenters. The summed E-state index contributed by atoms with van der Waals surface area (Å²) in [7, 11) is 0. The van der Waals surface area contributed by atoms with Crippen LogP contribution < -0.4 is 5.32 Å². The van der Waals surface area contributed by atoms with Crippen molar-refractivity contribution in [3.05, 3.63) is 76.3 Å². The molecule has 0 aliphatic carbocycles. The Morgan fingerprint density at radius 2 is 2.10 bits per heavy atom. The van der Waals surface area contributed by atoms with Crippen LogP contribution in [0.3, 0.4) is 0 Å². The van der Waals surface area contributed by atoms with E-state index in [0.717, 1.165) is 10.1 Å². The van der Waals surface area contributed by atoms with Crippen LogP contribution in [-0.2, 0) is 6.54 Å². The topological polar surface area (TPSA) is 77.1 Å². The van der Waals surface area contributed by atoms with E-state index < -0.39 is 12.3 Å². The highest BCUT2D eigenvalue weighted by molar-refractivity contribution is 6.30. The average Bonchev–Trinajstić information content (AvgIpc) is 3.27. The first kappa shape index (κ1) is 19.0. The zero-order valence-corrected chi connectivity index (χ0v) is 15.9. The third kappa shape index (κ3) is 3.95. The Bertz CT molecular complexity index is 1200. The smallest absolute Gasteiger partial charge is 0.280 e. The van der Waals surface area contributed by atoms with Crippen molar-refractivity contribution in [3.63, 3.8) is 0 Å². The molecular weight excluding hydrogens is 402 g/mol. The van der Waals surface area contributed by atoms with Crippen molar-refractivity contribution in [1.29, 1.82) is 0 Å². The molecular formula is C19H15ClF2N6O. The van der Waals surface area contributed by atoms with Crippen molar-refractivity contribution in [1.82, 2.24) is 24.4 Å². The van der Waals surface area contributed by atoms with Crippen LogP contribution in [0.2, 0.25) is 5.02 Å². The lowest BCUT2D eigenvalue weighted by Gasteiger charge is -2.06. The molecule has 1 N–H and O–H groups in total. The number of hydrogen-bond donors (Lipinski definition) is 1. The minimum absolute atomic E-state index is 0.0659. The van der Waals surface area contributed by atoms with E-state index in [9.17, 15) is 13.6 Å². The number of benzene rings is 1. The van der Waals surface area contributed by atoms with Gasteiger partial charge in [0.1, 0.15) is 11.3 Å². The van der Waals surface area contributed by atoms with Crippen LogP contribution in [-0.4, -0.2) is 30.3 Å². The van der Waals surface area contributed by atoms with E-state index in [2.05, 4.69) is 20.5 Å². The zero-order chi connectivity index (χ0) is 20.5. The van der Waals surface area contributed by atoms with Gasteiger partial charge in [-0.15, -0.1) is 0 Å². The number of halogens is 3. The molecule has 3 aromatic heterocycles. The summed E-state index contributed by atoms with van der Waals surface area (Å²) in [5.74, 6) is -0.218. The van der Waals surface area contributed by atoms with Crippen LogP contribution >= 0.6 is 11.6 Å². The Balaban J connectivity index is 1.55. The molecule has 0 saturated heterocycles. The van der Waals surface area contributed by atoms with Gasteiger partial charge in [0, 0.05) is 23.0 Å². The molecule has 0 unspecified atom stereocenters. The van der Waals surface area contributed by atoms with Gasteiger partial charge >= 0.3 is 0 Å². The maximum absolute atomic E-state index is 13.2. The molecule has 10 heteroatoms. The summed E-state index contributed by atoms with van der Waals surface area (Å²) in [6.07, 6.45) is 0.188. The standard InChI is InChI=1S/C19H15ClF2N6O/c1-11-7-15(17(21)22)28-18(24-11)14(9-23-28)19(29)25-16-5-6-27(26-16)10-12-3-2-4-13(20)8-12/h2-9,17H,10H2,1H3,(H,25,26,29). The van der Waals surface area contributed by atoms with Crippen LogP contribution in [0.1, 0.15) is 33.7 Å². The molecule has 4 aromatic rings. The molecule has 0 radical (unpaired) electrons. The predicted octanol–water partition coefficient (Wildman–Crippen LogP) is 4.13. The van der Waals surface area contributed by atoms with E-state index >= 15 is 0 Å². The van der Waals surface area contributed by atoms with Crippen molar-refractivity contribution in [2.75, 3.05) is 5.32 Å². The second-order valence-corrected chi connectivity index (χ2v) is 6.84. The molecule has 0 spiro atoms. The number of nitrogens with zero attached hydrogens (tertiary/aromatic N) is 5. The number of hydrogen-bond acceptors (Lipinski definition) is 4. The molecule has 148 valence electrons. The summed E-state index contributed by atoms with van der Waals surface area (Å²) < 4.78 is 29.1. The summed E-state index contributed by atoms with van der Waals surface area (Å²) in [6.45, 7) is 2.06. The van der Waals surface area contributed by atoms with Crippen molar-refractivity contribution in [2.24, 2.45) is 0 Å². The van der Waals surface area contributed by atoms with Crippen LogP contribution in [0.15, 0.2) is 48.8 Å². The number of nitrogens with one attached hydrogen (secondary N) is 1. The fraction of sp³-hybridized carbons (Fsp3) is 0.158. The molecule has 1 aromatic carbocycles. The van der Waals surface area contributed by atoms with E-state index in [1.165, 1.54) is 12.3 Å². The second-order valence-electron chi connectivity index (χ2n) is 6.40. The largest absolute Gasteiger partial charge is 0.305 e. The van der Waals surface area contributed by atoms with Gasteiger partial charge in [0.25, 0.3) is 12.3 Å². The number of fused-ring (bicyclic) bond motifs is 1. The monoisotopic (exact) mass is 416 g/mol. The van der Waals surface area contributed by atoms with Crippen molar-refractivity contribution in [2.45, 2.75) is 19.9 Å². The number of aromatic nitrogens is 5. The van der Waals surface area contributed by atoms with Crippen LogP contribution in [0.25, 0.3) is 5.65 Å². The Morgan fingerprint density at radius 1 is 1.28 bits per heavy atom. The van der Waals surface area contributed by atoms with Gasteiger partial charge in [-0.3, -0.25) is 9.48 Å². The maximum Gasteiger partial charge on any atom is 0.280 e. The van der Waals surface area contributed by atoms with E-state index in [1.54, 1.807) is 29.9 Å². The molecule has 0 saturated carbocycles. The fourth-order valence-corrected chi connectivity index (χ4v) is 3.16. The van der Waals surface area contributed by atoms with Gasteiger partial charge in [0.05, 0.1) is 12.7 Å². The number of amides is 1. The summed E-state index contributed by atoms with van der Waals surface area (Å²) in [5.41, 5.74) is 1.15. The van der Waals surface area contributed by atoms with Gasteiger partial charge in [-0.05, 0) is 30.7 Å². The van der Waals surface area contributed by atoms with Crippen LogP contribution in [0.4, 0.5) is 14.6 Å². The number of rotatable bonds is 5. The summed E-state index contributed by atoms with van der Waals surface area (Å²) >= 11 is 5.98. The molecule has 4 rings (SSSR count). The molecule has 3 heterocycles. The van der Waals surface area contributed by atoms with Crippen molar-refractivity contribution < 1.29 is 13.6 Å². The lowest BCUT2D eigenvalue weighted by atomic mass is 10.2. The molecule has 29 heavy (non-hydrogen) atoms. The molecule has 7 nitrogen and oxygen atoms in total. The Kier molecular flexibility index (Phi) is 4.98. The molecule has 0 bridgehead atoms. The SMILES string of the molecule is Cc1cc(C(F)F)n2ncc(C(=O)Nc3ccn(Cc4cccc(Cl)c4)n3)c2n1. The number of aryl methyl sites for hydroxylation is 1. The molecule has 0 aliphatic rings. The quantitative estimate of drug-likeness (QED) is 0.530. The highest BCUT2D eigenvalue weighted by atomic mass is 35.5. The lowest BCUT2D eigenvalue weighted by molar-refractivity contribution is 0.102. The fourth-order valence-electron chi connectivity index (χ4n) is 2.95. The normalized spacial score (nSPS) is 11.3. The first-order valence-corrected chi connectivity index (χ1v) is 9.01. The summed E-state index contributed by atoms with van der Waals surface area (Å²) in [5, 5.41) is 11.5. The zero-order valence-electron chi connectivity index (χ0n) is 15.2. The number of carbonyl (C=O) groups is 1. The highest BCUT2D eigenvalue weighted by Gasteiger charge is 2.20. The van der Waals surface area contributed by atoms with E-state index in [1.807, 2.05) is 18.2 Å². The third-order valence-corrected chi connectivity index (χ3v) is 4.45. The Morgan fingerprint density at radius 3 is 2.86 bits per heavy atom.